The molecule has 2 aromatic carbocycles. The van der Waals surface area contributed by atoms with Crippen molar-refractivity contribution in [3.8, 4) is 11.6 Å². The van der Waals surface area contributed by atoms with Gasteiger partial charge in [-0.05, 0) is 50.1 Å². The highest BCUT2D eigenvalue weighted by Gasteiger charge is 2.17. The van der Waals surface area contributed by atoms with Crippen molar-refractivity contribution in [1.82, 2.24) is 9.78 Å². The molecule has 0 aliphatic heterocycles. The zero-order valence-electron chi connectivity index (χ0n) is 14.4. The number of rotatable bonds is 4. The van der Waals surface area contributed by atoms with Gasteiger partial charge in [0.1, 0.15) is 0 Å². The predicted octanol–water partition coefficient (Wildman–Crippen LogP) is 5.03. The van der Waals surface area contributed by atoms with Crippen LogP contribution in [0, 0.1) is 13.8 Å². The van der Waals surface area contributed by atoms with E-state index in [0.717, 1.165) is 27.8 Å². The van der Waals surface area contributed by atoms with Crippen molar-refractivity contribution in [2.24, 2.45) is 0 Å². The summed E-state index contributed by atoms with van der Waals surface area (Å²) < 4.78 is 8.18. The topological polar surface area (TPSA) is 44.1 Å². The van der Waals surface area contributed by atoms with E-state index < -0.39 is 5.97 Å². The van der Waals surface area contributed by atoms with Crippen LogP contribution in [0.2, 0.25) is 0 Å². The lowest BCUT2D eigenvalue weighted by atomic mass is 10.1. The molecule has 3 rings (SSSR count). The van der Waals surface area contributed by atoms with Crippen molar-refractivity contribution in [3.05, 3.63) is 75.4 Å². The minimum absolute atomic E-state index is 0.408. The molecule has 0 N–H and O–H groups in total. The molecule has 0 aliphatic carbocycles. The zero-order valence-corrected chi connectivity index (χ0v) is 16.0. The molecule has 0 unspecified atom stereocenters. The minimum Gasteiger partial charge on any atom is -0.404 e. The predicted molar refractivity (Wildman–Crippen MR) is 102 cm³/mol. The molecule has 0 aliphatic rings. The smallest absolute Gasteiger partial charge is 0.344 e. The van der Waals surface area contributed by atoms with E-state index in [1.807, 2.05) is 45.0 Å². The molecule has 0 spiro atoms. The van der Waals surface area contributed by atoms with Crippen LogP contribution in [0.3, 0.4) is 0 Å². The van der Waals surface area contributed by atoms with Gasteiger partial charge in [0, 0.05) is 10.5 Å². The minimum atomic E-state index is -0.408. The van der Waals surface area contributed by atoms with Crippen LogP contribution in [-0.4, -0.2) is 15.7 Å². The van der Waals surface area contributed by atoms with Crippen LogP contribution in [0.4, 0.5) is 0 Å². The summed E-state index contributed by atoms with van der Waals surface area (Å²) in [7, 11) is 0. The molecule has 0 bridgehead atoms. The van der Waals surface area contributed by atoms with Gasteiger partial charge in [0.15, 0.2) is 0 Å². The average molecular weight is 399 g/mol. The summed E-state index contributed by atoms with van der Waals surface area (Å²) in [5.74, 6) is 0.0173. The lowest BCUT2D eigenvalue weighted by molar-refractivity contribution is 0.0723. The first kappa shape index (κ1) is 17.4. The van der Waals surface area contributed by atoms with Gasteiger partial charge in [-0.2, -0.15) is 5.10 Å². The molecule has 0 radical (unpaired) electrons. The normalized spacial score (nSPS) is 10.7. The first-order valence-corrected chi connectivity index (χ1v) is 8.91. The summed E-state index contributed by atoms with van der Waals surface area (Å²) in [6, 6.07) is 15.1. The molecule has 25 heavy (non-hydrogen) atoms. The Labute approximate surface area is 155 Å². The average Bonchev–Trinajstić information content (AvgIpc) is 2.97. The number of aromatic nitrogens is 2. The van der Waals surface area contributed by atoms with Gasteiger partial charge in [0.2, 0.25) is 5.88 Å². The number of esters is 1. The third kappa shape index (κ3) is 3.82. The third-order valence-electron chi connectivity index (χ3n) is 3.93. The van der Waals surface area contributed by atoms with Crippen LogP contribution in [0.1, 0.15) is 34.1 Å². The second kappa shape index (κ2) is 7.23. The number of carbonyl (C=O) groups is 1. The van der Waals surface area contributed by atoms with E-state index in [0.29, 0.717) is 11.4 Å². The Bertz CT molecular complexity index is 931. The van der Waals surface area contributed by atoms with Gasteiger partial charge in [-0.1, -0.05) is 46.6 Å². The third-order valence-corrected chi connectivity index (χ3v) is 4.42. The SMILES string of the molecule is CCc1cc(OC(=O)c2cccc(Br)c2)n(-c2ccc(C)cc2C)n1. The van der Waals surface area contributed by atoms with E-state index >= 15 is 0 Å². The number of halogens is 1. The molecule has 4 nitrogen and oxygen atoms in total. The molecule has 5 heteroatoms. The van der Waals surface area contributed by atoms with E-state index in [9.17, 15) is 4.79 Å². The number of aryl methyl sites for hydroxylation is 3. The summed E-state index contributed by atoms with van der Waals surface area (Å²) in [6.07, 6.45) is 0.763. The summed E-state index contributed by atoms with van der Waals surface area (Å²) in [4.78, 5) is 12.5. The molecule has 3 aromatic rings. The highest BCUT2D eigenvalue weighted by molar-refractivity contribution is 9.10. The summed E-state index contributed by atoms with van der Waals surface area (Å²) in [5.41, 5.74) is 4.52. The van der Waals surface area contributed by atoms with Gasteiger partial charge >= 0.3 is 5.97 Å². The fourth-order valence-corrected chi connectivity index (χ4v) is 3.04. The van der Waals surface area contributed by atoms with Crippen molar-refractivity contribution in [2.45, 2.75) is 27.2 Å². The van der Waals surface area contributed by atoms with Crippen molar-refractivity contribution in [3.63, 3.8) is 0 Å². The Morgan fingerprint density at radius 3 is 2.64 bits per heavy atom. The first-order valence-electron chi connectivity index (χ1n) is 8.12. The number of nitrogens with zero attached hydrogens (tertiary/aromatic N) is 2. The number of ether oxygens (including phenoxy) is 1. The standard InChI is InChI=1S/C20H19BrN2O2/c1-4-17-12-19(25-20(24)15-6-5-7-16(21)11-15)23(22-17)18-9-8-13(2)10-14(18)3/h5-12H,4H2,1-3H3. The summed E-state index contributed by atoms with van der Waals surface area (Å²) in [5, 5.41) is 4.58. The second-order valence-electron chi connectivity index (χ2n) is 5.93. The quantitative estimate of drug-likeness (QED) is 0.578. The second-order valence-corrected chi connectivity index (χ2v) is 6.84. The van der Waals surface area contributed by atoms with Gasteiger partial charge in [-0.25, -0.2) is 9.48 Å². The number of hydrogen-bond donors (Lipinski definition) is 0. The Balaban J connectivity index is 1.99. The fraction of sp³-hybridized carbons (Fsp3) is 0.200. The number of hydrogen-bond acceptors (Lipinski definition) is 3. The zero-order chi connectivity index (χ0) is 18.0. The van der Waals surface area contributed by atoms with Gasteiger partial charge < -0.3 is 4.74 Å². The van der Waals surface area contributed by atoms with Gasteiger partial charge in [0.25, 0.3) is 0 Å². The van der Waals surface area contributed by atoms with E-state index in [1.54, 1.807) is 22.9 Å². The van der Waals surface area contributed by atoms with Crippen LogP contribution in [0.5, 0.6) is 5.88 Å². The highest BCUT2D eigenvalue weighted by Crippen LogP contribution is 2.24. The van der Waals surface area contributed by atoms with Crippen molar-refractivity contribution in [2.75, 3.05) is 0 Å². The van der Waals surface area contributed by atoms with Gasteiger partial charge in [-0.15, -0.1) is 0 Å². The monoisotopic (exact) mass is 398 g/mol. The molecule has 1 heterocycles. The van der Waals surface area contributed by atoms with Gasteiger partial charge in [-0.3, -0.25) is 0 Å². The summed E-state index contributed by atoms with van der Waals surface area (Å²) in [6.45, 7) is 6.09. The van der Waals surface area contributed by atoms with E-state index in [1.165, 1.54) is 5.56 Å². The van der Waals surface area contributed by atoms with Gasteiger partial charge in [0.05, 0.1) is 16.9 Å². The maximum atomic E-state index is 12.5. The van der Waals surface area contributed by atoms with Crippen molar-refractivity contribution in [1.29, 1.82) is 0 Å². The molecule has 0 fully saturated rings. The Hall–Kier alpha value is -2.40. The maximum Gasteiger partial charge on any atom is 0.344 e. The lowest BCUT2D eigenvalue weighted by Crippen LogP contribution is -2.12. The van der Waals surface area contributed by atoms with E-state index in [-0.39, 0.29) is 0 Å². The molecule has 0 saturated carbocycles. The Kier molecular flexibility index (Phi) is 5.04. The molecule has 0 amide bonds. The van der Waals surface area contributed by atoms with Crippen LogP contribution in [0.15, 0.2) is 53.0 Å². The maximum absolute atomic E-state index is 12.5. The Morgan fingerprint density at radius 1 is 1.16 bits per heavy atom. The molecular formula is C20H19BrN2O2. The highest BCUT2D eigenvalue weighted by atomic mass is 79.9. The molecule has 128 valence electrons. The lowest BCUT2D eigenvalue weighted by Gasteiger charge is -2.11. The fourth-order valence-electron chi connectivity index (χ4n) is 2.64. The van der Waals surface area contributed by atoms with E-state index in [4.69, 9.17) is 4.74 Å². The summed E-state index contributed by atoms with van der Waals surface area (Å²) >= 11 is 3.37. The largest absolute Gasteiger partial charge is 0.404 e. The van der Waals surface area contributed by atoms with Crippen LogP contribution in [0.25, 0.3) is 5.69 Å². The molecule has 0 atom stereocenters. The van der Waals surface area contributed by atoms with Crippen molar-refractivity contribution >= 4 is 21.9 Å². The molecular weight excluding hydrogens is 380 g/mol. The van der Waals surface area contributed by atoms with E-state index in [2.05, 4.69) is 27.1 Å². The van der Waals surface area contributed by atoms with Crippen LogP contribution < -0.4 is 4.74 Å². The molecule has 1 aromatic heterocycles. The number of benzene rings is 2. The van der Waals surface area contributed by atoms with Crippen LogP contribution in [-0.2, 0) is 6.42 Å². The first-order chi connectivity index (χ1) is 12.0. The van der Waals surface area contributed by atoms with Crippen LogP contribution >= 0.6 is 15.9 Å². The molecule has 0 saturated heterocycles. The van der Waals surface area contributed by atoms with Crippen molar-refractivity contribution < 1.29 is 9.53 Å². The number of carbonyl (C=O) groups excluding carboxylic acids is 1. The Morgan fingerprint density at radius 2 is 1.96 bits per heavy atom.